The highest BCUT2D eigenvalue weighted by Crippen LogP contribution is 2.31. The van der Waals surface area contributed by atoms with Crippen LogP contribution in [0.25, 0.3) is 0 Å². The van der Waals surface area contributed by atoms with Crippen LogP contribution in [0.3, 0.4) is 0 Å². The Labute approximate surface area is 195 Å². The molecular formula is C22H26N7O5+. The predicted octanol–water partition coefficient (Wildman–Crippen LogP) is 0.0632. The van der Waals surface area contributed by atoms with E-state index < -0.39 is 30.3 Å². The van der Waals surface area contributed by atoms with Gasteiger partial charge >= 0.3 is 6.03 Å². The summed E-state index contributed by atoms with van der Waals surface area (Å²) < 4.78 is 6.99. The maximum Gasteiger partial charge on any atom is 0.332 e. The van der Waals surface area contributed by atoms with Crippen LogP contribution in [0.1, 0.15) is 18.6 Å². The first kappa shape index (κ1) is 22.0. The Bertz CT molecular complexity index is 1150. The van der Waals surface area contributed by atoms with Gasteiger partial charge in [0.1, 0.15) is 18.1 Å². The molecule has 34 heavy (non-hydrogen) atoms. The number of fused-ring (bicyclic) bond motifs is 1. The van der Waals surface area contributed by atoms with Crippen molar-refractivity contribution in [2.24, 2.45) is 16.8 Å². The minimum atomic E-state index is -0.805. The van der Waals surface area contributed by atoms with Gasteiger partial charge in [-0.1, -0.05) is 5.16 Å². The molecule has 12 heteroatoms. The smallest absolute Gasteiger partial charge is 0.332 e. The van der Waals surface area contributed by atoms with E-state index in [9.17, 15) is 19.2 Å². The number of urea groups is 1. The molecule has 5 amide bonds. The monoisotopic (exact) mass is 468 g/mol. The zero-order valence-electron chi connectivity index (χ0n) is 19.1. The van der Waals surface area contributed by atoms with Crippen LogP contribution in [0.4, 0.5) is 10.6 Å². The molecule has 2 saturated heterocycles. The van der Waals surface area contributed by atoms with Gasteiger partial charge in [0.15, 0.2) is 30.5 Å². The Balaban J connectivity index is 1.34. The lowest BCUT2D eigenvalue weighted by molar-refractivity contribution is -0.539. The number of aromatic nitrogens is 1. The molecule has 4 aliphatic rings. The van der Waals surface area contributed by atoms with E-state index in [1.54, 1.807) is 25.3 Å². The fraction of sp³-hybridized carbons (Fsp3) is 0.500. The third-order valence-electron chi connectivity index (χ3n) is 6.46. The molecule has 1 atom stereocenters. The van der Waals surface area contributed by atoms with Crippen molar-refractivity contribution < 1.29 is 28.3 Å². The fourth-order valence-electron chi connectivity index (χ4n) is 4.50. The number of rotatable bonds is 4. The highest BCUT2D eigenvalue weighted by molar-refractivity contribution is 6.31. The topological polar surface area (TPSA) is 131 Å². The molecule has 178 valence electrons. The summed E-state index contributed by atoms with van der Waals surface area (Å²) >= 11 is 0. The van der Waals surface area contributed by atoms with E-state index in [1.165, 1.54) is 11.9 Å². The second-order valence-electron chi connectivity index (χ2n) is 8.88. The molecule has 12 nitrogen and oxygen atoms in total. The number of aliphatic imine (C=N–C) groups is 1. The average Bonchev–Trinajstić information content (AvgIpc) is 3.61. The number of piperazine rings is 1. The van der Waals surface area contributed by atoms with E-state index >= 15 is 0 Å². The summed E-state index contributed by atoms with van der Waals surface area (Å²) in [6.07, 6.45) is 5.28. The number of nitrogens with zero attached hydrogens (tertiary/aromatic N) is 6. The van der Waals surface area contributed by atoms with Gasteiger partial charge in [-0.2, -0.15) is 0 Å². The Morgan fingerprint density at radius 3 is 2.62 bits per heavy atom. The molecule has 1 aliphatic carbocycles. The molecule has 1 aromatic heterocycles. The van der Waals surface area contributed by atoms with Crippen molar-refractivity contribution in [2.75, 3.05) is 45.1 Å². The van der Waals surface area contributed by atoms with Crippen LogP contribution < -0.4 is 5.32 Å². The number of carbonyl (C=O) groups excluding carboxylic acids is 4. The number of hydrogen-bond donors (Lipinski definition) is 1. The second-order valence-corrected chi connectivity index (χ2v) is 8.88. The SMILES string of the molecule is Cc1cc(NC(=O)CN2C(=O)C3C(=NC=CC3=[N+]3CCN(C(=O)C4CC4)CC3)N(C)C2=O)no1. The first-order chi connectivity index (χ1) is 16.3. The Kier molecular flexibility index (Phi) is 5.50. The van der Waals surface area contributed by atoms with Gasteiger partial charge in [-0.05, 0) is 19.8 Å². The molecule has 1 aromatic rings. The molecule has 4 heterocycles. The van der Waals surface area contributed by atoms with Crippen LogP contribution in [-0.4, -0.2) is 99.5 Å². The quantitative estimate of drug-likeness (QED) is 0.622. The standard InChI is InChI=1S/C22H25N7O5/c1-13-11-16(25-34-13)24-17(30)12-29-21(32)18-15(5-6-23-19(18)26(2)22(29)33)27-7-9-28(10-8-27)20(31)14-3-4-14/h5-6,11,14,18H,3-4,7-10,12H2,1-2H3/p+1. The largest absolute Gasteiger partial charge is 0.360 e. The van der Waals surface area contributed by atoms with Crippen molar-refractivity contribution in [2.45, 2.75) is 19.8 Å². The summed E-state index contributed by atoms with van der Waals surface area (Å²) in [5.74, 6) is -0.436. The lowest BCUT2D eigenvalue weighted by atomic mass is 9.94. The summed E-state index contributed by atoms with van der Waals surface area (Å²) in [4.78, 5) is 59.7. The van der Waals surface area contributed by atoms with Gasteiger partial charge in [0.05, 0.1) is 13.1 Å². The third kappa shape index (κ3) is 3.99. The number of carbonyl (C=O) groups is 4. The van der Waals surface area contributed by atoms with E-state index in [0.717, 1.165) is 17.7 Å². The molecule has 3 aliphatic heterocycles. The van der Waals surface area contributed by atoms with Gasteiger partial charge in [0.2, 0.25) is 11.8 Å². The Hall–Kier alpha value is -3.83. The molecule has 0 aromatic carbocycles. The molecular weight excluding hydrogens is 442 g/mol. The number of allylic oxidation sites excluding steroid dienone is 1. The van der Waals surface area contributed by atoms with E-state index in [-0.39, 0.29) is 17.6 Å². The van der Waals surface area contributed by atoms with Gasteiger partial charge in [-0.25, -0.2) is 14.4 Å². The molecule has 0 bridgehead atoms. The molecule has 5 rings (SSSR count). The van der Waals surface area contributed by atoms with Crippen molar-refractivity contribution >= 4 is 41.1 Å². The van der Waals surface area contributed by atoms with E-state index in [1.807, 2.05) is 4.90 Å². The van der Waals surface area contributed by atoms with Crippen molar-refractivity contribution in [3.05, 3.63) is 24.1 Å². The number of hydrogen-bond acceptors (Lipinski definition) is 7. The summed E-state index contributed by atoms with van der Waals surface area (Å²) in [6, 6.07) is 0.918. The maximum atomic E-state index is 13.5. The van der Waals surface area contributed by atoms with Crippen molar-refractivity contribution in [3.63, 3.8) is 0 Å². The van der Waals surface area contributed by atoms with Crippen molar-refractivity contribution in [3.8, 4) is 0 Å². The van der Waals surface area contributed by atoms with Crippen LogP contribution >= 0.6 is 0 Å². The second kappa shape index (κ2) is 8.50. The van der Waals surface area contributed by atoms with Crippen LogP contribution in [0, 0.1) is 18.8 Å². The third-order valence-corrected chi connectivity index (χ3v) is 6.46. The predicted molar refractivity (Wildman–Crippen MR) is 119 cm³/mol. The van der Waals surface area contributed by atoms with Crippen molar-refractivity contribution in [1.82, 2.24) is 19.9 Å². The molecule has 0 spiro atoms. The van der Waals surface area contributed by atoms with Gasteiger partial charge in [0, 0.05) is 31.3 Å². The lowest BCUT2D eigenvalue weighted by Gasteiger charge is -2.37. The summed E-state index contributed by atoms with van der Waals surface area (Å²) in [7, 11) is 1.54. The van der Waals surface area contributed by atoms with Crippen LogP contribution in [0.5, 0.6) is 0 Å². The van der Waals surface area contributed by atoms with Crippen molar-refractivity contribution in [1.29, 1.82) is 0 Å². The van der Waals surface area contributed by atoms with E-state index in [4.69, 9.17) is 4.52 Å². The van der Waals surface area contributed by atoms with Gasteiger partial charge in [-0.3, -0.25) is 24.2 Å². The van der Waals surface area contributed by atoms with E-state index in [0.29, 0.717) is 43.5 Å². The first-order valence-corrected chi connectivity index (χ1v) is 11.3. The normalized spacial score (nSPS) is 22.7. The van der Waals surface area contributed by atoms with Crippen LogP contribution in [0.15, 0.2) is 27.9 Å². The minimum Gasteiger partial charge on any atom is -0.360 e. The summed E-state index contributed by atoms with van der Waals surface area (Å²) in [5.41, 5.74) is 0.713. The zero-order valence-corrected chi connectivity index (χ0v) is 19.1. The Morgan fingerprint density at radius 2 is 1.97 bits per heavy atom. The average molecular weight is 468 g/mol. The van der Waals surface area contributed by atoms with Gasteiger partial charge in [0.25, 0.3) is 5.91 Å². The number of imide groups is 1. The highest BCUT2D eigenvalue weighted by atomic mass is 16.5. The van der Waals surface area contributed by atoms with Gasteiger partial charge < -0.3 is 14.7 Å². The number of nitrogens with one attached hydrogen (secondary N) is 1. The molecule has 1 N–H and O–H groups in total. The maximum absolute atomic E-state index is 13.5. The fourth-order valence-corrected chi connectivity index (χ4v) is 4.50. The number of aryl methyl sites for hydroxylation is 1. The van der Waals surface area contributed by atoms with Gasteiger partial charge in [-0.15, -0.1) is 0 Å². The first-order valence-electron chi connectivity index (χ1n) is 11.3. The molecule has 1 unspecified atom stereocenters. The lowest BCUT2D eigenvalue weighted by Crippen LogP contribution is -2.63. The molecule has 1 saturated carbocycles. The number of anilines is 1. The molecule has 0 radical (unpaired) electrons. The number of amides is 5. The highest BCUT2D eigenvalue weighted by Gasteiger charge is 2.49. The van der Waals surface area contributed by atoms with E-state index in [2.05, 4.69) is 20.0 Å². The van der Waals surface area contributed by atoms with Crippen LogP contribution in [-0.2, 0) is 14.4 Å². The minimum absolute atomic E-state index is 0.174. The molecule has 3 fully saturated rings. The van der Waals surface area contributed by atoms with Crippen LogP contribution in [0.2, 0.25) is 0 Å². The summed E-state index contributed by atoms with van der Waals surface area (Å²) in [5, 5.41) is 6.24. The Morgan fingerprint density at radius 1 is 1.24 bits per heavy atom. The number of amidine groups is 1. The zero-order chi connectivity index (χ0) is 24.0. The summed E-state index contributed by atoms with van der Waals surface area (Å²) in [6.45, 7) is 3.55.